The number of rotatable bonds is 18. The third-order valence-electron chi connectivity index (χ3n) is 6.38. The molecule has 2 aromatic carbocycles. The van der Waals surface area contributed by atoms with Crippen LogP contribution in [0.4, 0.5) is 0 Å². The van der Waals surface area contributed by atoms with Crippen molar-refractivity contribution in [2.45, 2.75) is 110 Å². The van der Waals surface area contributed by atoms with Crippen LogP contribution in [0, 0.1) is 0 Å². The van der Waals surface area contributed by atoms with E-state index in [1.54, 1.807) is 48.5 Å². The summed E-state index contributed by atoms with van der Waals surface area (Å²) in [5.74, 6) is -0.468. The van der Waals surface area contributed by atoms with Crippen molar-refractivity contribution in [3.63, 3.8) is 0 Å². The van der Waals surface area contributed by atoms with Gasteiger partial charge < -0.3 is 14.2 Å². The van der Waals surface area contributed by atoms with E-state index >= 15 is 0 Å². The maximum atomic E-state index is 12.5. The number of carbonyl (C=O) groups is 3. The minimum absolute atomic E-state index is 0.139. The topological polar surface area (TPSA) is 78.9 Å². The van der Waals surface area contributed by atoms with Crippen LogP contribution in [0.15, 0.2) is 48.5 Å². The Kier molecular flexibility index (Phi) is 14.8. The van der Waals surface area contributed by atoms with E-state index in [9.17, 15) is 14.4 Å². The van der Waals surface area contributed by atoms with E-state index in [2.05, 4.69) is 13.8 Å². The van der Waals surface area contributed by atoms with Crippen LogP contribution in [0.25, 0.3) is 0 Å². The Labute approximate surface area is 228 Å². The van der Waals surface area contributed by atoms with Gasteiger partial charge in [0.15, 0.2) is 0 Å². The van der Waals surface area contributed by atoms with Gasteiger partial charge in [-0.3, -0.25) is 4.79 Å². The molecule has 0 N–H and O–H groups in total. The molecule has 208 valence electrons. The summed E-state index contributed by atoms with van der Waals surface area (Å²) in [6, 6.07) is 12.6. The molecule has 0 aromatic heterocycles. The van der Waals surface area contributed by atoms with Gasteiger partial charge in [0.05, 0.1) is 17.2 Å². The van der Waals surface area contributed by atoms with Crippen LogP contribution < -0.4 is 9.47 Å². The molecule has 0 spiro atoms. The molecule has 0 aliphatic carbocycles. The van der Waals surface area contributed by atoms with Gasteiger partial charge in [-0.2, -0.15) is 0 Å². The lowest BCUT2D eigenvalue weighted by atomic mass is 10.1. The average molecular weight is 525 g/mol. The number of esters is 3. The van der Waals surface area contributed by atoms with Gasteiger partial charge in [0.25, 0.3) is 0 Å². The third kappa shape index (κ3) is 12.4. The minimum atomic E-state index is -0.540. The molecule has 0 fully saturated rings. The molecule has 2 aromatic rings. The summed E-state index contributed by atoms with van der Waals surface area (Å²) < 4.78 is 16.3. The van der Waals surface area contributed by atoms with Crippen molar-refractivity contribution in [1.29, 1.82) is 0 Å². The van der Waals surface area contributed by atoms with Crippen LogP contribution in [-0.2, 0) is 9.53 Å². The highest BCUT2D eigenvalue weighted by molar-refractivity contribution is 5.92. The summed E-state index contributed by atoms with van der Waals surface area (Å²) in [6.07, 6.45) is 13.6. The van der Waals surface area contributed by atoms with E-state index in [-0.39, 0.29) is 18.0 Å². The average Bonchev–Trinajstić information content (AvgIpc) is 2.91. The van der Waals surface area contributed by atoms with Crippen LogP contribution in [0.3, 0.4) is 0 Å². The molecular formula is C32H44O6. The number of carbonyl (C=O) groups excluding carboxylic acids is 3. The van der Waals surface area contributed by atoms with Crippen LogP contribution >= 0.6 is 0 Å². The fraction of sp³-hybridized carbons (Fsp3) is 0.531. The van der Waals surface area contributed by atoms with E-state index in [1.165, 1.54) is 38.5 Å². The van der Waals surface area contributed by atoms with Crippen molar-refractivity contribution in [3.8, 4) is 11.5 Å². The molecule has 38 heavy (non-hydrogen) atoms. The van der Waals surface area contributed by atoms with Gasteiger partial charge in [-0.25, -0.2) is 9.59 Å². The lowest BCUT2D eigenvalue weighted by Crippen LogP contribution is -2.15. The molecule has 0 saturated carbocycles. The Hall–Kier alpha value is -3.15. The minimum Gasteiger partial charge on any atom is -0.459 e. The maximum Gasteiger partial charge on any atom is 0.343 e. The molecule has 0 radical (unpaired) electrons. The Morgan fingerprint density at radius 2 is 1.08 bits per heavy atom. The Bertz CT molecular complexity index is 964. The second-order valence-electron chi connectivity index (χ2n) is 9.85. The summed E-state index contributed by atoms with van der Waals surface area (Å²) in [5, 5.41) is 0. The Morgan fingerprint density at radius 3 is 1.66 bits per heavy atom. The van der Waals surface area contributed by atoms with Crippen molar-refractivity contribution in [1.82, 2.24) is 0 Å². The number of hydrogen-bond donors (Lipinski definition) is 0. The normalized spacial score (nSPS) is 11.6. The zero-order valence-corrected chi connectivity index (χ0v) is 23.3. The fourth-order valence-electron chi connectivity index (χ4n) is 4.06. The summed E-state index contributed by atoms with van der Waals surface area (Å²) in [7, 11) is 0. The molecule has 6 nitrogen and oxygen atoms in total. The molecule has 0 amide bonds. The standard InChI is InChI=1S/C32H44O6/c1-4-6-8-10-11-12-14-16-30(33)37-28-21-17-27(18-22-28)32(35)38-29-23-19-26(20-24-29)31(34)36-25(3)15-13-9-7-5-2/h17-25H,4-16H2,1-3H3. The summed E-state index contributed by atoms with van der Waals surface area (Å²) in [5.41, 5.74) is 0.741. The number of benzene rings is 2. The molecule has 0 aliphatic rings. The van der Waals surface area contributed by atoms with Crippen molar-refractivity contribution < 1.29 is 28.6 Å². The first-order valence-corrected chi connectivity index (χ1v) is 14.3. The monoisotopic (exact) mass is 524 g/mol. The van der Waals surface area contributed by atoms with Gasteiger partial charge in [0, 0.05) is 6.42 Å². The second-order valence-corrected chi connectivity index (χ2v) is 9.85. The molecule has 1 unspecified atom stereocenters. The first-order chi connectivity index (χ1) is 18.4. The van der Waals surface area contributed by atoms with Gasteiger partial charge in [0.1, 0.15) is 11.5 Å². The molecule has 0 aliphatic heterocycles. The lowest BCUT2D eigenvalue weighted by Gasteiger charge is -2.13. The zero-order valence-electron chi connectivity index (χ0n) is 23.3. The van der Waals surface area contributed by atoms with Gasteiger partial charge in [-0.1, -0.05) is 71.6 Å². The first kappa shape index (κ1) is 31.1. The summed E-state index contributed by atoms with van der Waals surface area (Å²) in [6.45, 7) is 6.27. The predicted molar refractivity (Wildman–Crippen MR) is 150 cm³/mol. The summed E-state index contributed by atoms with van der Waals surface area (Å²) >= 11 is 0. The van der Waals surface area contributed by atoms with Gasteiger partial charge in [-0.05, 0) is 74.7 Å². The second kappa shape index (κ2) is 18.2. The van der Waals surface area contributed by atoms with Gasteiger partial charge >= 0.3 is 17.9 Å². The summed E-state index contributed by atoms with van der Waals surface area (Å²) in [4.78, 5) is 36.9. The van der Waals surface area contributed by atoms with Gasteiger partial charge in [-0.15, -0.1) is 0 Å². The predicted octanol–water partition coefficient (Wildman–Crippen LogP) is 8.47. The molecule has 6 heteroatoms. The van der Waals surface area contributed by atoms with Gasteiger partial charge in [0.2, 0.25) is 0 Å². The molecule has 0 bridgehead atoms. The van der Waals surface area contributed by atoms with E-state index in [4.69, 9.17) is 14.2 Å². The SMILES string of the molecule is CCCCCCCCCC(=O)Oc1ccc(C(=O)Oc2ccc(C(=O)OC(C)CCCCCC)cc2)cc1. The van der Waals surface area contributed by atoms with Crippen LogP contribution in [0.5, 0.6) is 11.5 Å². The highest BCUT2D eigenvalue weighted by atomic mass is 16.5. The molecule has 2 rings (SSSR count). The number of unbranched alkanes of at least 4 members (excludes halogenated alkanes) is 9. The van der Waals surface area contributed by atoms with Crippen molar-refractivity contribution >= 4 is 17.9 Å². The third-order valence-corrected chi connectivity index (χ3v) is 6.38. The largest absolute Gasteiger partial charge is 0.459 e. The van der Waals surface area contributed by atoms with Crippen LogP contribution in [-0.4, -0.2) is 24.0 Å². The maximum absolute atomic E-state index is 12.5. The van der Waals surface area contributed by atoms with Crippen molar-refractivity contribution in [3.05, 3.63) is 59.7 Å². The Balaban J connectivity index is 1.74. The number of hydrogen-bond acceptors (Lipinski definition) is 6. The van der Waals surface area contributed by atoms with Crippen LogP contribution in [0.2, 0.25) is 0 Å². The first-order valence-electron chi connectivity index (χ1n) is 14.3. The highest BCUT2D eigenvalue weighted by Gasteiger charge is 2.14. The van der Waals surface area contributed by atoms with E-state index in [0.29, 0.717) is 29.0 Å². The van der Waals surface area contributed by atoms with Crippen molar-refractivity contribution in [2.75, 3.05) is 0 Å². The van der Waals surface area contributed by atoms with Crippen LogP contribution in [0.1, 0.15) is 125 Å². The molecule has 1 atom stereocenters. The number of ether oxygens (including phenoxy) is 3. The molecular weight excluding hydrogens is 480 g/mol. The van der Waals surface area contributed by atoms with E-state index < -0.39 is 5.97 Å². The molecule has 0 heterocycles. The zero-order chi connectivity index (χ0) is 27.6. The van der Waals surface area contributed by atoms with Crippen molar-refractivity contribution in [2.24, 2.45) is 0 Å². The quantitative estimate of drug-likeness (QED) is 0.111. The fourth-order valence-corrected chi connectivity index (χ4v) is 4.06. The van der Waals surface area contributed by atoms with E-state index in [0.717, 1.165) is 38.5 Å². The Morgan fingerprint density at radius 1 is 0.605 bits per heavy atom. The smallest absolute Gasteiger partial charge is 0.343 e. The lowest BCUT2D eigenvalue weighted by molar-refractivity contribution is -0.134. The highest BCUT2D eigenvalue weighted by Crippen LogP contribution is 2.19. The molecule has 0 saturated heterocycles. The van der Waals surface area contributed by atoms with E-state index in [1.807, 2.05) is 6.92 Å².